The standard InChI is InChI=1S/C16H21N/c1-2-15-8-11-17(13-16(15)9-10-16)12-14-6-4-3-5-7-14/h2-7,15H,1,8-13H2/t15-/m1/s1. The van der Waals surface area contributed by atoms with E-state index in [-0.39, 0.29) is 0 Å². The third-order valence-electron chi connectivity index (χ3n) is 4.51. The Bertz CT molecular complexity index is 391. The number of benzene rings is 1. The Morgan fingerprint density at radius 3 is 2.71 bits per heavy atom. The minimum absolute atomic E-state index is 0.606. The Morgan fingerprint density at radius 1 is 1.29 bits per heavy atom. The summed E-state index contributed by atoms with van der Waals surface area (Å²) in [6.45, 7) is 7.63. The summed E-state index contributed by atoms with van der Waals surface area (Å²) in [4.78, 5) is 2.63. The van der Waals surface area contributed by atoms with Gasteiger partial charge in [-0.15, -0.1) is 6.58 Å². The zero-order valence-corrected chi connectivity index (χ0v) is 10.4. The summed E-state index contributed by atoms with van der Waals surface area (Å²) in [6.07, 6.45) is 6.33. The van der Waals surface area contributed by atoms with Crippen LogP contribution in [0.15, 0.2) is 43.0 Å². The molecule has 0 N–H and O–H groups in total. The quantitative estimate of drug-likeness (QED) is 0.715. The first kappa shape index (κ1) is 11.0. The molecule has 2 fully saturated rings. The van der Waals surface area contributed by atoms with Crippen LogP contribution in [0.1, 0.15) is 24.8 Å². The van der Waals surface area contributed by atoms with Crippen LogP contribution in [0.4, 0.5) is 0 Å². The maximum Gasteiger partial charge on any atom is 0.0233 e. The van der Waals surface area contributed by atoms with E-state index in [4.69, 9.17) is 0 Å². The van der Waals surface area contributed by atoms with Crippen LogP contribution >= 0.6 is 0 Å². The van der Waals surface area contributed by atoms with Crippen molar-refractivity contribution in [2.24, 2.45) is 11.3 Å². The zero-order chi connectivity index (χ0) is 11.7. The van der Waals surface area contributed by atoms with Crippen molar-refractivity contribution in [3.63, 3.8) is 0 Å². The summed E-state index contributed by atoms with van der Waals surface area (Å²) in [5.41, 5.74) is 2.05. The van der Waals surface area contributed by atoms with Gasteiger partial charge in [-0.2, -0.15) is 0 Å². The van der Waals surface area contributed by atoms with Crippen molar-refractivity contribution in [1.29, 1.82) is 0 Å². The topological polar surface area (TPSA) is 3.24 Å². The van der Waals surface area contributed by atoms with Gasteiger partial charge in [-0.3, -0.25) is 4.90 Å². The molecule has 0 aromatic heterocycles. The summed E-state index contributed by atoms with van der Waals surface area (Å²) < 4.78 is 0. The van der Waals surface area contributed by atoms with Crippen LogP contribution in [-0.2, 0) is 6.54 Å². The summed E-state index contributed by atoms with van der Waals surface area (Å²) in [5, 5.41) is 0. The van der Waals surface area contributed by atoms with Crippen LogP contribution < -0.4 is 0 Å². The van der Waals surface area contributed by atoms with Gasteiger partial charge in [0.2, 0.25) is 0 Å². The lowest BCUT2D eigenvalue weighted by molar-refractivity contribution is 0.119. The normalized spacial score (nSPS) is 26.9. The maximum absolute atomic E-state index is 4.01. The van der Waals surface area contributed by atoms with Crippen LogP contribution in [-0.4, -0.2) is 18.0 Å². The molecule has 3 rings (SSSR count). The van der Waals surface area contributed by atoms with E-state index < -0.39 is 0 Å². The van der Waals surface area contributed by atoms with Crippen molar-refractivity contribution in [3.8, 4) is 0 Å². The Labute approximate surface area is 104 Å². The van der Waals surface area contributed by atoms with Crippen LogP contribution in [0.25, 0.3) is 0 Å². The SMILES string of the molecule is C=C[C@@H]1CCN(Cc2ccccc2)CC12CC2. The van der Waals surface area contributed by atoms with Crippen molar-refractivity contribution >= 4 is 0 Å². The average molecular weight is 227 g/mol. The second kappa shape index (κ2) is 4.30. The van der Waals surface area contributed by atoms with Gasteiger partial charge in [-0.25, -0.2) is 0 Å². The molecule has 1 saturated heterocycles. The van der Waals surface area contributed by atoms with Gasteiger partial charge in [0.1, 0.15) is 0 Å². The van der Waals surface area contributed by atoms with Crippen molar-refractivity contribution in [3.05, 3.63) is 48.6 Å². The highest BCUT2D eigenvalue weighted by molar-refractivity contribution is 5.15. The second-order valence-electron chi connectivity index (χ2n) is 5.69. The molecule has 1 aliphatic heterocycles. The molecular weight excluding hydrogens is 206 g/mol. The average Bonchev–Trinajstić information content (AvgIpc) is 3.11. The van der Waals surface area contributed by atoms with Gasteiger partial charge in [0.15, 0.2) is 0 Å². The first-order valence-electron chi connectivity index (χ1n) is 6.71. The lowest BCUT2D eigenvalue weighted by atomic mass is 9.82. The molecule has 1 heteroatoms. The molecule has 1 atom stereocenters. The fraction of sp³-hybridized carbons (Fsp3) is 0.500. The third kappa shape index (κ3) is 2.16. The predicted octanol–water partition coefficient (Wildman–Crippen LogP) is 3.47. The predicted molar refractivity (Wildman–Crippen MR) is 71.7 cm³/mol. The molecule has 1 spiro atoms. The molecule has 2 aliphatic rings. The number of hydrogen-bond donors (Lipinski definition) is 0. The van der Waals surface area contributed by atoms with Crippen LogP contribution in [0.3, 0.4) is 0 Å². The molecule has 0 amide bonds. The molecule has 1 nitrogen and oxygen atoms in total. The summed E-state index contributed by atoms with van der Waals surface area (Å²) in [6, 6.07) is 10.8. The van der Waals surface area contributed by atoms with E-state index >= 15 is 0 Å². The van der Waals surface area contributed by atoms with Gasteiger partial charge in [0.05, 0.1) is 0 Å². The molecule has 17 heavy (non-hydrogen) atoms. The highest BCUT2D eigenvalue weighted by Gasteiger charge is 2.50. The van der Waals surface area contributed by atoms with Crippen LogP contribution in [0.2, 0.25) is 0 Å². The lowest BCUT2D eigenvalue weighted by Crippen LogP contribution is -2.40. The first-order valence-corrected chi connectivity index (χ1v) is 6.71. The molecule has 1 aliphatic carbocycles. The smallest absolute Gasteiger partial charge is 0.0233 e. The fourth-order valence-electron chi connectivity index (χ4n) is 3.30. The molecule has 1 saturated carbocycles. The fourth-order valence-corrected chi connectivity index (χ4v) is 3.30. The molecule has 0 radical (unpaired) electrons. The summed E-state index contributed by atoms with van der Waals surface area (Å²) >= 11 is 0. The number of nitrogens with zero attached hydrogens (tertiary/aromatic N) is 1. The number of allylic oxidation sites excluding steroid dienone is 1. The Balaban J connectivity index is 1.65. The highest BCUT2D eigenvalue weighted by atomic mass is 15.1. The first-order chi connectivity index (χ1) is 8.32. The van der Waals surface area contributed by atoms with Gasteiger partial charge in [0, 0.05) is 13.1 Å². The van der Waals surface area contributed by atoms with Gasteiger partial charge < -0.3 is 0 Å². The van der Waals surface area contributed by atoms with Crippen molar-refractivity contribution in [2.75, 3.05) is 13.1 Å². The molecular formula is C16H21N. The van der Waals surface area contributed by atoms with Gasteiger partial charge in [-0.05, 0) is 42.7 Å². The minimum atomic E-state index is 0.606. The number of piperidine rings is 1. The molecule has 0 unspecified atom stereocenters. The third-order valence-corrected chi connectivity index (χ3v) is 4.51. The molecule has 0 bridgehead atoms. The van der Waals surface area contributed by atoms with E-state index in [0.29, 0.717) is 5.41 Å². The van der Waals surface area contributed by atoms with E-state index in [1.54, 1.807) is 0 Å². The van der Waals surface area contributed by atoms with Gasteiger partial charge >= 0.3 is 0 Å². The van der Waals surface area contributed by atoms with Crippen LogP contribution in [0.5, 0.6) is 0 Å². The van der Waals surface area contributed by atoms with Crippen molar-refractivity contribution in [2.45, 2.75) is 25.8 Å². The zero-order valence-electron chi connectivity index (χ0n) is 10.4. The molecule has 1 aromatic carbocycles. The van der Waals surface area contributed by atoms with Crippen molar-refractivity contribution < 1.29 is 0 Å². The Morgan fingerprint density at radius 2 is 2.06 bits per heavy atom. The van der Waals surface area contributed by atoms with E-state index in [0.717, 1.165) is 12.5 Å². The minimum Gasteiger partial charge on any atom is -0.298 e. The molecule has 1 heterocycles. The van der Waals surface area contributed by atoms with Crippen LogP contribution in [0, 0.1) is 11.3 Å². The largest absolute Gasteiger partial charge is 0.298 e. The van der Waals surface area contributed by atoms with E-state index in [1.165, 1.54) is 37.9 Å². The Hall–Kier alpha value is -1.08. The molecule has 90 valence electrons. The van der Waals surface area contributed by atoms with E-state index in [1.807, 2.05) is 0 Å². The number of likely N-dealkylation sites (tertiary alicyclic amines) is 1. The summed E-state index contributed by atoms with van der Waals surface area (Å²) in [7, 11) is 0. The van der Waals surface area contributed by atoms with Gasteiger partial charge in [0.25, 0.3) is 0 Å². The van der Waals surface area contributed by atoms with E-state index in [9.17, 15) is 0 Å². The summed E-state index contributed by atoms with van der Waals surface area (Å²) in [5.74, 6) is 0.773. The second-order valence-corrected chi connectivity index (χ2v) is 5.69. The van der Waals surface area contributed by atoms with E-state index in [2.05, 4.69) is 47.9 Å². The Kier molecular flexibility index (Phi) is 2.79. The molecule has 1 aromatic rings. The van der Waals surface area contributed by atoms with Crippen molar-refractivity contribution in [1.82, 2.24) is 4.90 Å². The number of rotatable bonds is 3. The maximum atomic E-state index is 4.01. The number of hydrogen-bond acceptors (Lipinski definition) is 1. The van der Waals surface area contributed by atoms with Gasteiger partial charge in [-0.1, -0.05) is 36.4 Å². The highest BCUT2D eigenvalue weighted by Crippen LogP contribution is 2.56. The lowest BCUT2D eigenvalue weighted by Gasteiger charge is -2.38. The monoisotopic (exact) mass is 227 g/mol.